The fourth-order valence-electron chi connectivity index (χ4n) is 2.47. The Bertz CT molecular complexity index is 1010. The molecule has 7 heteroatoms. The van der Waals surface area contributed by atoms with Gasteiger partial charge in [-0.3, -0.25) is 4.79 Å². The van der Waals surface area contributed by atoms with Gasteiger partial charge in [-0.2, -0.15) is 5.26 Å². The lowest BCUT2D eigenvalue weighted by Crippen LogP contribution is -2.09. The third-order valence-corrected chi connectivity index (χ3v) is 5.91. The van der Waals surface area contributed by atoms with Crippen molar-refractivity contribution in [2.75, 3.05) is 11.1 Å². The number of nitrogens with one attached hydrogen (secondary N) is 1. The number of hydrogen-bond donors (Lipinski definition) is 3. The van der Waals surface area contributed by atoms with Crippen molar-refractivity contribution in [1.29, 1.82) is 5.26 Å². The number of benzene rings is 1. The molecule has 0 saturated heterocycles. The number of ketones is 1. The van der Waals surface area contributed by atoms with Gasteiger partial charge in [0.2, 0.25) is 5.78 Å². The number of nitriles is 1. The minimum absolute atomic E-state index is 0.127. The van der Waals surface area contributed by atoms with Crippen LogP contribution >= 0.6 is 22.7 Å². The van der Waals surface area contributed by atoms with Crippen LogP contribution in [0.15, 0.2) is 36.4 Å². The number of hydrogen-bond acceptors (Lipinski definition) is 7. The number of carbonyl (C=O) groups excluding carboxylic acids is 1. The summed E-state index contributed by atoms with van der Waals surface area (Å²) in [4.78, 5) is 14.7. The maximum atomic E-state index is 12.9. The molecule has 2 aromatic heterocycles. The van der Waals surface area contributed by atoms with E-state index < -0.39 is 0 Å². The number of nitrogens with two attached hydrogens (primary N) is 1. The molecule has 3 aromatic rings. The second-order valence-corrected chi connectivity index (χ2v) is 8.11. The summed E-state index contributed by atoms with van der Waals surface area (Å²) in [7, 11) is 0. The van der Waals surface area contributed by atoms with Crippen LogP contribution in [0.25, 0.3) is 10.4 Å². The first-order chi connectivity index (χ1) is 12.4. The molecule has 2 heterocycles. The minimum Gasteiger partial charge on any atom is -0.508 e. The number of nitrogens with zero attached hydrogens (tertiary/aromatic N) is 1. The molecule has 0 fully saturated rings. The zero-order valence-corrected chi connectivity index (χ0v) is 15.9. The van der Waals surface area contributed by atoms with Crippen LogP contribution in [0.5, 0.6) is 5.75 Å². The SMILES string of the molecule is CC(C)Nc1sc(C(=O)c2ccc(-c3cccc(O)c3)s2)c(N)c1C#N. The van der Waals surface area contributed by atoms with E-state index in [1.807, 2.05) is 26.0 Å². The van der Waals surface area contributed by atoms with Gasteiger partial charge in [0.15, 0.2) is 0 Å². The monoisotopic (exact) mass is 383 g/mol. The fraction of sp³-hybridized carbons (Fsp3) is 0.158. The van der Waals surface area contributed by atoms with E-state index >= 15 is 0 Å². The number of rotatable bonds is 5. The summed E-state index contributed by atoms with van der Waals surface area (Å²) in [6, 6.07) is 12.7. The Hall–Kier alpha value is -2.82. The van der Waals surface area contributed by atoms with Crippen LogP contribution < -0.4 is 11.1 Å². The molecule has 0 aliphatic heterocycles. The van der Waals surface area contributed by atoms with Gasteiger partial charge in [-0.1, -0.05) is 12.1 Å². The summed E-state index contributed by atoms with van der Waals surface area (Å²) in [5.74, 6) is -0.0217. The lowest BCUT2D eigenvalue weighted by molar-refractivity contribution is 0.104. The van der Waals surface area contributed by atoms with Gasteiger partial charge in [0, 0.05) is 10.9 Å². The normalized spacial score (nSPS) is 10.7. The third-order valence-electron chi connectivity index (χ3n) is 3.64. The highest BCUT2D eigenvalue weighted by molar-refractivity contribution is 7.21. The third kappa shape index (κ3) is 3.43. The number of phenols is 1. The number of aromatic hydroxyl groups is 1. The summed E-state index contributed by atoms with van der Waals surface area (Å²) in [6.45, 7) is 3.92. The fourth-order valence-corrected chi connectivity index (χ4v) is 4.66. The Morgan fingerprint density at radius 2 is 2.04 bits per heavy atom. The quantitative estimate of drug-likeness (QED) is 0.555. The first-order valence-electron chi connectivity index (χ1n) is 7.93. The molecule has 3 rings (SSSR count). The molecule has 0 atom stereocenters. The van der Waals surface area contributed by atoms with Crippen molar-refractivity contribution in [2.45, 2.75) is 19.9 Å². The van der Waals surface area contributed by atoms with E-state index in [9.17, 15) is 15.2 Å². The van der Waals surface area contributed by atoms with E-state index in [1.54, 1.807) is 24.3 Å². The summed E-state index contributed by atoms with van der Waals surface area (Å²) in [5, 5.41) is 22.8. The van der Waals surface area contributed by atoms with Gasteiger partial charge < -0.3 is 16.2 Å². The maximum absolute atomic E-state index is 12.9. The van der Waals surface area contributed by atoms with E-state index in [0.29, 0.717) is 20.3 Å². The van der Waals surface area contributed by atoms with E-state index in [1.165, 1.54) is 22.7 Å². The van der Waals surface area contributed by atoms with Crippen molar-refractivity contribution in [3.8, 4) is 22.3 Å². The molecular formula is C19H17N3O2S2. The van der Waals surface area contributed by atoms with Crippen molar-refractivity contribution in [2.24, 2.45) is 0 Å². The molecule has 1 aromatic carbocycles. The average Bonchev–Trinajstić information content (AvgIpc) is 3.19. The second-order valence-electron chi connectivity index (χ2n) is 6.00. The molecule has 132 valence electrons. The predicted octanol–water partition coefficient (Wildman–Crippen LogP) is 4.69. The van der Waals surface area contributed by atoms with Gasteiger partial charge in [0.1, 0.15) is 27.3 Å². The number of anilines is 2. The molecule has 0 saturated carbocycles. The van der Waals surface area contributed by atoms with Gasteiger partial charge in [-0.25, -0.2) is 0 Å². The molecule has 5 nitrogen and oxygen atoms in total. The van der Waals surface area contributed by atoms with Gasteiger partial charge in [-0.05, 0) is 43.7 Å². The second kappa shape index (κ2) is 7.20. The highest BCUT2D eigenvalue weighted by atomic mass is 32.1. The lowest BCUT2D eigenvalue weighted by Gasteiger charge is -2.06. The van der Waals surface area contributed by atoms with Crippen LogP contribution in [0.1, 0.15) is 34.0 Å². The summed E-state index contributed by atoms with van der Waals surface area (Å²) in [5.41, 5.74) is 7.44. The maximum Gasteiger partial charge on any atom is 0.215 e. The standard InChI is InChI=1S/C19H17N3O2S2/c1-10(2)22-19-13(9-20)16(21)18(26-19)17(24)15-7-6-14(25-15)11-4-3-5-12(23)8-11/h3-8,10,22-23H,21H2,1-2H3. The zero-order chi connectivity index (χ0) is 18.8. The molecule has 0 unspecified atom stereocenters. The van der Waals surface area contributed by atoms with Crippen LogP contribution in [-0.4, -0.2) is 16.9 Å². The first kappa shape index (κ1) is 18.0. The van der Waals surface area contributed by atoms with Gasteiger partial charge in [0.05, 0.1) is 10.6 Å². The number of carbonyl (C=O) groups is 1. The summed E-state index contributed by atoms with van der Waals surface area (Å²) >= 11 is 2.54. The van der Waals surface area contributed by atoms with Crippen molar-refractivity contribution in [3.63, 3.8) is 0 Å². The van der Waals surface area contributed by atoms with Crippen LogP contribution in [0.2, 0.25) is 0 Å². The van der Waals surface area contributed by atoms with Crippen LogP contribution in [-0.2, 0) is 0 Å². The topological polar surface area (TPSA) is 99.1 Å². The van der Waals surface area contributed by atoms with E-state index in [4.69, 9.17) is 5.73 Å². The molecule has 0 bridgehead atoms. The van der Waals surface area contributed by atoms with Crippen LogP contribution in [0.4, 0.5) is 10.7 Å². The smallest absolute Gasteiger partial charge is 0.215 e. The average molecular weight is 383 g/mol. The Morgan fingerprint density at radius 1 is 1.27 bits per heavy atom. The molecule has 26 heavy (non-hydrogen) atoms. The van der Waals surface area contributed by atoms with Crippen molar-refractivity contribution in [1.82, 2.24) is 0 Å². The Labute approximate surface area is 159 Å². The highest BCUT2D eigenvalue weighted by Gasteiger charge is 2.23. The molecule has 4 N–H and O–H groups in total. The molecule has 0 aliphatic carbocycles. The lowest BCUT2D eigenvalue weighted by atomic mass is 10.1. The zero-order valence-electron chi connectivity index (χ0n) is 14.2. The van der Waals surface area contributed by atoms with Crippen LogP contribution in [0.3, 0.4) is 0 Å². The van der Waals surface area contributed by atoms with Crippen LogP contribution in [0, 0.1) is 11.3 Å². The van der Waals surface area contributed by atoms with E-state index in [2.05, 4.69) is 11.4 Å². The van der Waals surface area contributed by atoms with Crippen molar-refractivity contribution in [3.05, 3.63) is 51.7 Å². The van der Waals surface area contributed by atoms with E-state index in [0.717, 1.165) is 10.4 Å². The summed E-state index contributed by atoms with van der Waals surface area (Å²) < 4.78 is 0. The predicted molar refractivity (Wildman–Crippen MR) is 107 cm³/mol. The number of nitrogen functional groups attached to an aromatic ring is 1. The Morgan fingerprint density at radius 3 is 2.69 bits per heavy atom. The largest absolute Gasteiger partial charge is 0.508 e. The molecular weight excluding hydrogens is 366 g/mol. The van der Waals surface area contributed by atoms with Gasteiger partial charge >= 0.3 is 0 Å². The van der Waals surface area contributed by atoms with Gasteiger partial charge in [-0.15, -0.1) is 22.7 Å². The Balaban J connectivity index is 1.96. The Kier molecular flexibility index (Phi) is 4.98. The highest BCUT2D eigenvalue weighted by Crippen LogP contribution is 2.39. The van der Waals surface area contributed by atoms with Gasteiger partial charge in [0.25, 0.3) is 0 Å². The van der Waals surface area contributed by atoms with Crippen molar-refractivity contribution >= 4 is 39.1 Å². The summed E-state index contributed by atoms with van der Waals surface area (Å²) in [6.07, 6.45) is 0. The number of thiophene rings is 2. The minimum atomic E-state index is -0.197. The molecule has 0 radical (unpaired) electrons. The molecule has 0 aliphatic rings. The van der Waals surface area contributed by atoms with E-state index in [-0.39, 0.29) is 23.3 Å². The molecule has 0 amide bonds. The van der Waals surface area contributed by atoms with Crippen molar-refractivity contribution < 1.29 is 9.90 Å². The first-order valence-corrected chi connectivity index (χ1v) is 9.56. The number of phenolic OH excluding ortho intramolecular Hbond substituents is 1. The molecule has 0 spiro atoms.